The van der Waals surface area contributed by atoms with Crippen LogP contribution >= 0.6 is 11.6 Å². The lowest BCUT2D eigenvalue weighted by Gasteiger charge is -2.29. The Hall–Kier alpha value is -2.78. The smallest absolute Gasteiger partial charge is 0.242 e. The second-order valence-corrected chi connectivity index (χ2v) is 10.8. The number of carbonyl (C=O) groups is 2. The molecule has 2 amide bonds. The Labute approximate surface area is 219 Å². The number of ether oxygens (including phenoxy) is 1. The normalized spacial score (nSPS) is 12.0. The van der Waals surface area contributed by atoms with Gasteiger partial charge in [-0.1, -0.05) is 42.8 Å². The molecular formula is C26H36ClN3O5S. The van der Waals surface area contributed by atoms with E-state index in [1.807, 2.05) is 26.0 Å². The molecule has 1 atom stereocenters. The molecule has 0 saturated carbocycles. The number of rotatable bonds is 14. The molecule has 0 aromatic heterocycles. The zero-order valence-electron chi connectivity index (χ0n) is 21.4. The van der Waals surface area contributed by atoms with Crippen LogP contribution in [-0.2, 0) is 26.2 Å². The summed E-state index contributed by atoms with van der Waals surface area (Å²) >= 11 is 5.99. The molecule has 0 saturated heterocycles. The number of halogens is 1. The SMILES string of the molecule is CCCNC(=O)[C@@H](C)N(Cc1ccc(Cl)cc1)C(=O)CCCN(c1ccccc1OCC)S(C)(=O)=O. The molecule has 1 N–H and O–H groups in total. The van der Waals surface area contributed by atoms with Gasteiger partial charge in [0.1, 0.15) is 11.8 Å². The highest BCUT2D eigenvalue weighted by Crippen LogP contribution is 2.30. The van der Waals surface area contributed by atoms with E-state index in [2.05, 4.69) is 5.32 Å². The van der Waals surface area contributed by atoms with Crippen molar-refractivity contribution in [1.82, 2.24) is 10.2 Å². The molecule has 10 heteroatoms. The molecule has 0 unspecified atom stereocenters. The molecule has 0 aliphatic heterocycles. The standard InChI is InChI=1S/C26H36ClN3O5S/c1-5-17-28-26(32)20(3)29(19-21-13-15-22(27)16-14-21)25(31)12-9-18-30(36(4,33)34)23-10-7-8-11-24(23)35-6-2/h7-8,10-11,13-16,20H,5-6,9,12,17-19H2,1-4H3,(H,28,32)/t20-/m1/s1. The van der Waals surface area contributed by atoms with Gasteiger partial charge in [0.15, 0.2) is 0 Å². The third-order valence-electron chi connectivity index (χ3n) is 5.57. The quantitative estimate of drug-likeness (QED) is 0.389. The first-order valence-corrected chi connectivity index (χ1v) is 14.3. The molecule has 0 fully saturated rings. The molecule has 0 aliphatic rings. The number of sulfonamides is 1. The topological polar surface area (TPSA) is 96.0 Å². The van der Waals surface area contributed by atoms with Gasteiger partial charge in [-0.05, 0) is 56.5 Å². The maximum Gasteiger partial charge on any atom is 0.242 e. The van der Waals surface area contributed by atoms with E-state index < -0.39 is 16.1 Å². The average molecular weight is 538 g/mol. The van der Waals surface area contributed by atoms with Gasteiger partial charge in [0.2, 0.25) is 21.8 Å². The molecule has 0 radical (unpaired) electrons. The maximum atomic E-state index is 13.3. The van der Waals surface area contributed by atoms with Gasteiger partial charge in [-0.15, -0.1) is 0 Å². The lowest BCUT2D eigenvalue weighted by atomic mass is 10.1. The number of hydrogen-bond donors (Lipinski definition) is 1. The third kappa shape index (κ3) is 8.71. The average Bonchev–Trinajstić information content (AvgIpc) is 2.84. The molecule has 2 aromatic rings. The summed E-state index contributed by atoms with van der Waals surface area (Å²) in [6, 6.07) is 13.3. The molecule has 8 nitrogen and oxygen atoms in total. The fourth-order valence-electron chi connectivity index (χ4n) is 3.69. The van der Waals surface area contributed by atoms with Crippen LogP contribution in [0.1, 0.15) is 45.6 Å². The van der Waals surface area contributed by atoms with E-state index in [-0.39, 0.29) is 37.7 Å². The van der Waals surface area contributed by atoms with Gasteiger partial charge in [-0.25, -0.2) is 8.42 Å². The van der Waals surface area contributed by atoms with Crippen molar-refractivity contribution in [1.29, 1.82) is 0 Å². The van der Waals surface area contributed by atoms with Crippen molar-refractivity contribution in [3.8, 4) is 5.75 Å². The largest absolute Gasteiger partial charge is 0.492 e. The Morgan fingerprint density at radius 1 is 1.08 bits per heavy atom. The van der Waals surface area contributed by atoms with Crippen molar-refractivity contribution >= 4 is 39.1 Å². The van der Waals surface area contributed by atoms with Crippen LogP contribution in [0.4, 0.5) is 5.69 Å². The van der Waals surface area contributed by atoms with Crippen molar-refractivity contribution in [3.63, 3.8) is 0 Å². The summed E-state index contributed by atoms with van der Waals surface area (Å²) in [6.45, 7) is 6.73. The number of nitrogens with one attached hydrogen (secondary N) is 1. The number of benzene rings is 2. The number of hydrogen-bond acceptors (Lipinski definition) is 5. The van der Waals surface area contributed by atoms with Gasteiger partial charge in [0.25, 0.3) is 0 Å². The summed E-state index contributed by atoms with van der Waals surface area (Å²) in [5.74, 6) is -0.0134. The first-order chi connectivity index (χ1) is 17.1. The zero-order chi connectivity index (χ0) is 26.7. The lowest BCUT2D eigenvalue weighted by Crippen LogP contribution is -2.47. The molecule has 2 rings (SSSR count). The molecule has 198 valence electrons. The van der Waals surface area contributed by atoms with Crippen LogP contribution < -0.4 is 14.4 Å². The van der Waals surface area contributed by atoms with Crippen molar-refractivity contribution in [2.75, 3.05) is 30.3 Å². The van der Waals surface area contributed by atoms with E-state index in [4.69, 9.17) is 16.3 Å². The summed E-state index contributed by atoms with van der Waals surface area (Å²) in [4.78, 5) is 27.5. The summed E-state index contributed by atoms with van der Waals surface area (Å²) in [5, 5.41) is 3.42. The number of anilines is 1. The highest BCUT2D eigenvalue weighted by Gasteiger charge is 2.27. The second-order valence-electron chi connectivity index (χ2n) is 8.45. The van der Waals surface area contributed by atoms with Crippen LogP contribution in [0.2, 0.25) is 5.02 Å². The minimum Gasteiger partial charge on any atom is -0.492 e. The molecular weight excluding hydrogens is 502 g/mol. The third-order valence-corrected chi connectivity index (χ3v) is 7.00. The van der Waals surface area contributed by atoms with E-state index in [0.717, 1.165) is 18.2 Å². The van der Waals surface area contributed by atoms with Crippen molar-refractivity contribution in [3.05, 3.63) is 59.1 Å². The van der Waals surface area contributed by atoms with Crippen LogP contribution in [0.25, 0.3) is 0 Å². The van der Waals surface area contributed by atoms with E-state index in [1.165, 1.54) is 9.21 Å². The van der Waals surface area contributed by atoms with Gasteiger partial charge >= 0.3 is 0 Å². The van der Waals surface area contributed by atoms with Crippen LogP contribution in [-0.4, -0.2) is 57.1 Å². The van der Waals surface area contributed by atoms with Gasteiger partial charge < -0.3 is 15.0 Å². The van der Waals surface area contributed by atoms with Gasteiger partial charge in [-0.3, -0.25) is 13.9 Å². The Balaban J connectivity index is 2.18. The second kappa shape index (κ2) is 14.1. The van der Waals surface area contributed by atoms with Gasteiger partial charge in [0, 0.05) is 31.1 Å². The molecule has 36 heavy (non-hydrogen) atoms. The predicted octanol–water partition coefficient (Wildman–Crippen LogP) is 4.23. The highest BCUT2D eigenvalue weighted by atomic mass is 35.5. The monoisotopic (exact) mass is 537 g/mol. The fraction of sp³-hybridized carbons (Fsp3) is 0.462. The molecule has 0 aliphatic carbocycles. The zero-order valence-corrected chi connectivity index (χ0v) is 22.9. The highest BCUT2D eigenvalue weighted by molar-refractivity contribution is 7.92. The number of para-hydroxylation sites is 2. The Morgan fingerprint density at radius 3 is 2.36 bits per heavy atom. The summed E-state index contributed by atoms with van der Waals surface area (Å²) < 4.78 is 32.0. The lowest BCUT2D eigenvalue weighted by molar-refractivity contribution is -0.140. The molecule has 0 spiro atoms. The first-order valence-electron chi connectivity index (χ1n) is 12.1. The minimum absolute atomic E-state index is 0.0712. The summed E-state index contributed by atoms with van der Waals surface area (Å²) in [5.41, 5.74) is 1.27. The Bertz CT molecular complexity index is 1110. The Kier molecular flexibility index (Phi) is 11.5. The van der Waals surface area contributed by atoms with E-state index in [9.17, 15) is 18.0 Å². The van der Waals surface area contributed by atoms with Crippen LogP contribution in [0.5, 0.6) is 5.75 Å². The summed E-state index contributed by atoms with van der Waals surface area (Å²) in [6.07, 6.45) is 2.26. The van der Waals surface area contributed by atoms with Crippen molar-refractivity contribution in [2.24, 2.45) is 0 Å². The Morgan fingerprint density at radius 2 is 1.75 bits per heavy atom. The first kappa shape index (κ1) is 29.5. The van der Waals surface area contributed by atoms with Gasteiger partial charge in [0.05, 0.1) is 18.6 Å². The van der Waals surface area contributed by atoms with Crippen LogP contribution in [0.15, 0.2) is 48.5 Å². The predicted molar refractivity (Wildman–Crippen MR) is 144 cm³/mol. The minimum atomic E-state index is -3.62. The van der Waals surface area contributed by atoms with E-state index in [0.29, 0.717) is 29.6 Å². The van der Waals surface area contributed by atoms with E-state index in [1.54, 1.807) is 43.3 Å². The van der Waals surface area contributed by atoms with Crippen molar-refractivity contribution < 1.29 is 22.7 Å². The molecule has 2 aromatic carbocycles. The fourth-order valence-corrected chi connectivity index (χ4v) is 4.78. The van der Waals surface area contributed by atoms with E-state index >= 15 is 0 Å². The molecule has 0 heterocycles. The maximum absolute atomic E-state index is 13.3. The van der Waals surface area contributed by atoms with Gasteiger partial charge in [-0.2, -0.15) is 0 Å². The van der Waals surface area contributed by atoms with Crippen molar-refractivity contribution in [2.45, 2.75) is 52.6 Å². The summed E-state index contributed by atoms with van der Waals surface area (Å²) in [7, 11) is -3.62. The number of carbonyl (C=O) groups excluding carboxylic acids is 2. The van der Waals surface area contributed by atoms with Crippen LogP contribution in [0.3, 0.4) is 0 Å². The van der Waals surface area contributed by atoms with Crippen LogP contribution in [0, 0.1) is 0 Å². The number of amides is 2. The molecule has 0 bridgehead atoms. The number of nitrogens with zero attached hydrogens (tertiary/aromatic N) is 2.